The van der Waals surface area contributed by atoms with Crippen LogP contribution in [-0.4, -0.2) is 114 Å². The third-order valence-electron chi connectivity index (χ3n) is 10.3. The summed E-state index contributed by atoms with van der Waals surface area (Å²) in [5.74, 6) is 0.0344. The highest BCUT2D eigenvalue weighted by Crippen LogP contribution is 2.40. The van der Waals surface area contributed by atoms with E-state index in [4.69, 9.17) is 11.6 Å². The number of fused-ring (bicyclic) bond motifs is 2. The Bertz CT molecular complexity index is 2690. The van der Waals surface area contributed by atoms with Crippen LogP contribution in [0.4, 0.5) is 0 Å². The van der Waals surface area contributed by atoms with Crippen molar-refractivity contribution in [1.82, 2.24) is 52.2 Å². The van der Waals surface area contributed by atoms with Gasteiger partial charge in [0.1, 0.15) is 28.3 Å². The number of nitrogens with zero attached hydrogens (tertiary/aromatic N) is 11. The zero-order chi connectivity index (χ0) is 37.9. The van der Waals surface area contributed by atoms with Crippen molar-refractivity contribution in [1.29, 1.82) is 10.5 Å². The van der Waals surface area contributed by atoms with Gasteiger partial charge in [-0.2, -0.15) is 37.0 Å². The van der Waals surface area contributed by atoms with E-state index < -0.39 is 31.3 Å². The molecule has 0 aromatic carbocycles. The standard InChI is InChI=1S/C17H17ClN6O2S.C17H17N7O2S/c1-2-27(25,26)23-9-17(10-23,4-5-19)24-8-12(7-14(24)18)15-13-3-6-20-16(13)22-11-21-15;18-4-3-17(11-23(12-17)27(25,26)22-7-8-22)24-10-13(9-21-24)14-1-5-19-16-15(14)2-6-20-16/h3,6-8,11H,2,4,9-10H2,1H3,(H,20,21,22);1-2,5-6,9-10H,3,7-8,11-12H2,(H,19,20). The van der Waals surface area contributed by atoms with E-state index in [0.29, 0.717) is 18.2 Å². The lowest BCUT2D eigenvalue weighted by molar-refractivity contribution is 0.0689. The number of aromatic nitrogens is 8. The zero-order valence-electron chi connectivity index (χ0n) is 29.0. The fourth-order valence-corrected chi connectivity index (χ4v) is 10.4. The Labute approximate surface area is 315 Å². The summed E-state index contributed by atoms with van der Waals surface area (Å²) in [6, 6.07) is 11.9. The molecule has 20 heteroatoms. The molecular weight excluding hydrogens is 754 g/mol. The van der Waals surface area contributed by atoms with Crippen molar-refractivity contribution in [3.05, 3.63) is 72.9 Å². The first-order valence-electron chi connectivity index (χ1n) is 17.0. The number of nitriles is 2. The van der Waals surface area contributed by atoms with Crippen molar-refractivity contribution in [3.63, 3.8) is 0 Å². The van der Waals surface area contributed by atoms with Crippen LogP contribution in [-0.2, 0) is 31.3 Å². The normalized spacial score (nSPS) is 18.3. The highest BCUT2D eigenvalue weighted by molar-refractivity contribution is 7.89. The van der Waals surface area contributed by atoms with Gasteiger partial charge in [0.15, 0.2) is 0 Å². The van der Waals surface area contributed by atoms with Crippen molar-refractivity contribution < 1.29 is 16.8 Å². The van der Waals surface area contributed by atoms with Gasteiger partial charge in [-0.3, -0.25) is 4.68 Å². The highest BCUT2D eigenvalue weighted by atomic mass is 35.5. The number of hydrogen-bond donors (Lipinski definition) is 2. The first-order valence-corrected chi connectivity index (χ1v) is 20.4. The molecule has 3 aliphatic rings. The van der Waals surface area contributed by atoms with Gasteiger partial charge in [-0.05, 0) is 36.8 Å². The van der Waals surface area contributed by atoms with Crippen molar-refractivity contribution in [2.75, 3.05) is 45.0 Å². The maximum Gasteiger partial charge on any atom is 0.282 e. The molecule has 6 aromatic heterocycles. The molecule has 278 valence electrons. The van der Waals surface area contributed by atoms with E-state index in [1.54, 1.807) is 40.8 Å². The average Bonchev–Trinajstić information content (AvgIpc) is 3.49. The molecule has 0 saturated carbocycles. The molecule has 3 aliphatic heterocycles. The van der Waals surface area contributed by atoms with Gasteiger partial charge in [0.25, 0.3) is 10.2 Å². The van der Waals surface area contributed by atoms with Crippen LogP contribution >= 0.6 is 11.6 Å². The summed E-state index contributed by atoms with van der Waals surface area (Å²) < 4.78 is 56.8. The van der Waals surface area contributed by atoms with E-state index in [1.807, 2.05) is 36.8 Å². The lowest BCUT2D eigenvalue weighted by Crippen LogP contribution is -2.65. The molecule has 0 spiro atoms. The van der Waals surface area contributed by atoms with Crippen molar-refractivity contribution >= 4 is 53.9 Å². The Morgan fingerprint density at radius 3 is 2.19 bits per heavy atom. The number of pyridine rings is 1. The molecule has 9 heterocycles. The van der Waals surface area contributed by atoms with E-state index in [9.17, 15) is 27.4 Å². The van der Waals surface area contributed by atoms with Crippen LogP contribution in [0.5, 0.6) is 0 Å². The summed E-state index contributed by atoms with van der Waals surface area (Å²) in [5, 5.41) is 25.4. The lowest BCUT2D eigenvalue weighted by Gasteiger charge is -2.49. The minimum Gasteiger partial charge on any atom is -0.346 e. The molecule has 2 N–H and O–H groups in total. The smallest absolute Gasteiger partial charge is 0.282 e. The minimum atomic E-state index is -3.39. The Morgan fingerprint density at radius 1 is 0.833 bits per heavy atom. The van der Waals surface area contributed by atoms with Crippen LogP contribution in [0.25, 0.3) is 44.5 Å². The summed E-state index contributed by atoms with van der Waals surface area (Å²) in [5.41, 5.74) is 3.65. The molecule has 6 aromatic rings. The van der Waals surface area contributed by atoms with Crippen LogP contribution in [0.3, 0.4) is 0 Å². The molecule has 3 fully saturated rings. The summed E-state index contributed by atoms with van der Waals surface area (Å²) in [7, 11) is -6.68. The fourth-order valence-electron chi connectivity index (χ4n) is 7.14. The van der Waals surface area contributed by atoms with E-state index in [0.717, 1.165) is 44.5 Å². The molecule has 0 bridgehead atoms. The van der Waals surface area contributed by atoms with E-state index in [-0.39, 0.29) is 44.8 Å². The molecule has 17 nitrogen and oxygen atoms in total. The van der Waals surface area contributed by atoms with Gasteiger partial charge >= 0.3 is 0 Å². The van der Waals surface area contributed by atoms with Crippen molar-refractivity contribution in [2.24, 2.45) is 0 Å². The van der Waals surface area contributed by atoms with Crippen LogP contribution in [0, 0.1) is 22.7 Å². The van der Waals surface area contributed by atoms with Crippen LogP contribution in [0.15, 0.2) is 67.8 Å². The second-order valence-electron chi connectivity index (χ2n) is 13.6. The first-order chi connectivity index (χ1) is 25.9. The molecule has 9 rings (SSSR count). The van der Waals surface area contributed by atoms with Gasteiger partial charge in [0, 0.05) is 92.2 Å². The molecule has 3 saturated heterocycles. The minimum absolute atomic E-state index is 0.0344. The van der Waals surface area contributed by atoms with Gasteiger partial charge in [-0.15, -0.1) is 0 Å². The number of nitrogens with one attached hydrogen (secondary N) is 2. The maximum absolute atomic E-state index is 12.4. The largest absolute Gasteiger partial charge is 0.346 e. The van der Waals surface area contributed by atoms with Crippen LogP contribution in [0.2, 0.25) is 5.15 Å². The van der Waals surface area contributed by atoms with Crippen LogP contribution < -0.4 is 0 Å². The summed E-state index contributed by atoms with van der Waals surface area (Å²) in [6.07, 6.45) is 12.7. The SMILES string of the molecule is CCS(=O)(=O)N1CC(CC#N)(n2cc(-c3ncnc4[nH]ccc34)cc2Cl)C1.N#CCC1(n2cc(-c3ccnc4[nH]ccc34)cn2)CN(S(=O)(=O)N2CC2)C1. The first kappa shape index (κ1) is 35.9. The van der Waals surface area contributed by atoms with Gasteiger partial charge in [-0.25, -0.2) is 23.4 Å². The topological polar surface area (TPSA) is 218 Å². The molecule has 0 amide bonds. The number of sulfonamides is 1. The Hall–Kier alpha value is -5.15. The summed E-state index contributed by atoms with van der Waals surface area (Å²) in [6.45, 7) is 3.74. The molecule has 0 radical (unpaired) electrons. The predicted molar refractivity (Wildman–Crippen MR) is 199 cm³/mol. The van der Waals surface area contributed by atoms with E-state index >= 15 is 0 Å². The maximum atomic E-state index is 12.4. The monoisotopic (exact) mass is 787 g/mol. The van der Waals surface area contributed by atoms with Gasteiger partial charge in [0.05, 0.1) is 48.2 Å². The van der Waals surface area contributed by atoms with E-state index in [2.05, 4.69) is 42.2 Å². The third kappa shape index (κ3) is 6.03. The third-order valence-corrected chi connectivity index (χ3v) is 14.3. The molecule has 0 unspecified atom stereocenters. The summed E-state index contributed by atoms with van der Waals surface area (Å²) in [4.78, 5) is 19.0. The average molecular weight is 788 g/mol. The highest BCUT2D eigenvalue weighted by Gasteiger charge is 2.53. The number of aromatic amines is 2. The second-order valence-corrected chi connectivity index (χ2v) is 18.2. The van der Waals surface area contributed by atoms with Gasteiger partial charge in [0.2, 0.25) is 10.0 Å². The quantitative estimate of drug-likeness (QED) is 0.193. The van der Waals surface area contributed by atoms with Crippen LogP contribution in [0.1, 0.15) is 19.8 Å². The number of halogens is 1. The summed E-state index contributed by atoms with van der Waals surface area (Å²) >= 11 is 6.48. The Morgan fingerprint density at radius 2 is 1.50 bits per heavy atom. The lowest BCUT2D eigenvalue weighted by atomic mass is 9.89. The molecule has 54 heavy (non-hydrogen) atoms. The number of rotatable bonds is 10. The Kier molecular flexibility index (Phi) is 8.83. The van der Waals surface area contributed by atoms with Gasteiger partial charge in [-0.1, -0.05) is 11.6 Å². The molecule has 0 aliphatic carbocycles. The second kappa shape index (κ2) is 13.3. The number of H-pyrrole nitrogens is 2. The predicted octanol–water partition coefficient (Wildman–Crippen LogP) is 3.27. The van der Waals surface area contributed by atoms with Crippen molar-refractivity contribution in [2.45, 2.75) is 30.8 Å². The van der Waals surface area contributed by atoms with E-state index in [1.165, 1.54) is 19.2 Å². The number of hydrogen-bond acceptors (Lipinski definition) is 10. The zero-order valence-corrected chi connectivity index (χ0v) is 31.4. The van der Waals surface area contributed by atoms with Crippen molar-refractivity contribution in [3.8, 4) is 34.5 Å². The van der Waals surface area contributed by atoms with Gasteiger partial charge < -0.3 is 14.5 Å². The molecule has 0 atom stereocenters. The Balaban J connectivity index is 0.000000153. The fraction of sp³-hybridized carbons (Fsp3) is 0.353. The molecular formula is C34H34ClN13O4S2.